The van der Waals surface area contributed by atoms with Gasteiger partial charge in [0, 0.05) is 13.8 Å². The zero-order chi connectivity index (χ0) is 60.3. The van der Waals surface area contributed by atoms with Gasteiger partial charge in [-0.15, -0.1) is 0 Å². The number of ether oxygens (including phenoxy) is 14. The topological polar surface area (TPSA) is 552 Å². The minimum atomic E-state index is -2.02. The molecule has 0 aliphatic carbocycles. The molecule has 6 rings (SSSR count). The van der Waals surface area contributed by atoms with Crippen LogP contribution in [-0.2, 0) is 75.9 Å². The zero-order valence-corrected chi connectivity index (χ0v) is 44.4. The molecular formula is C46H80N2O34. The van der Waals surface area contributed by atoms with Gasteiger partial charge < -0.3 is 169 Å². The molecule has 478 valence electrons. The van der Waals surface area contributed by atoms with Gasteiger partial charge in [0.25, 0.3) is 0 Å². The van der Waals surface area contributed by atoms with Gasteiger partial charge in [0.1, 0.15) is 146 Å². The lowest BCUT2D eigenvalue weighted by Crippen LogP contribution is -2.68. The van der Waals surface area contributed by atoms with Crippen LogP contribution >= 0.6 is 0 Å². The highest BCUT2D eigenvalue weighted by molar-refractivity contribution is 5.73. The standard InChI is InChI=1S/C46H80N2O34/c1-15(55)47-23-29(61)37(79-45-35(67)39(27(59)19(11-51)75-45)81-43-33(65)31(63)25(57)17(9-49)73-43)21(13-53)77-41(23)71-7-5-69-3-4-70-6-8-72-42-24(48-16(2)56)30(62)38(22(14-54)78-42)80-46-36(68)40(28(60)20(12-52)76-46)82-44-34(66)32(64)26(58)18(10-50)74-44/h17-46,49-54,57-68H,3-14H2,1-2H3,(H,47,55)(H,48,56)/t17-,18-,19-,20-,21-,22-,23-,24-,25+,26+,27+,28+,29-,30-,31+,32+,33-,34-,35-,36-,37-,38-,39+,40+,41-,42-,43-,44-,45+,46+/m1/s1. The molecule has 36 nitrogen and oxygen atoms in total. The van der Waals surface area contributed by atoms with E-state index < -0.39 is 236 Å². The zero-order valence-electron chi connectivity index (χ0n) is 44.4. The molecule has 6 fully saturated rings. The van der Waals surface area contributed by atoms with Crippen LogP contribution in [0, 0.1) is 0 Å². The van der Waals surface area contributed by atoms with Gasteiger partial charge in [-0.1, -0.05) is 0 Å². The first kappa shape index (κ1) is 68.8. The summed E-state index contributed by atoms with van der Waals surface area (Å²) in [6, 6.07) is -2.81. The minimum Gasteiger partial charge on any atom is -0.394 e. The maximum absolute atomic E-state index is 12.3. The fourth-order valence-electron chi connectivity index (χ4n) is 9.93. The SMILES string of the molecule is CC(=O)N[C@H]1[C@H](OCCOCCOCCO[C@@H]2O[C@H](CO)[C@@H](O[C@@H]3O[C@H](CO)[C@H](O)[C@H](O[C@H]4O[C@H](CO)[C@H](O)[C@H](O)[C@H]4O)[C@H]3O)[C@H](O)[C@H]2NC(C)=O)O[C@H](CO)[C@@H](O[C@@H]2O[C@H](CO)[C@H](O)[C@H](O[C@H]3O[C@H](CO)[C@H](O)[C@H](O)[C@H]3O)[C@H]2O)[C@@H]1O. The molecule has 0 radical (unpaired) electrons. The number of carbonyl (C=O) groups excluding carboxylic acids is 2. The number of carbonyl (C=O) groups is 2. The molecule has 20 N–H and O–H groups in total. The van der Waals surface area contributed by atoms with Crippen molar-refractivity contribution in [1.29, 1.82) is 0 Å². The molecule has 36 heteroatoms. The second kappa shape index (κ2) is 32.1. The van der Waals surface area contributed by atoms with Crippen molar-refractivity contribution in [2.75, 3.05) is 79.3 Å². The van der Waals surface area contributed by atoms with E-state index in [2.05, 4.69) is 10.6 Å². The Morgan fingerprint density at radius 3 is 0.890 bits per heavy atom. The van der Waals surface area contributed by atoms with Crippen molar-refractivity contribution in [3.8, 4) is 0 Å². The van der Waals surface area contributed by atoms with E-state index in [1.165, 1.54) is 0 Å². The van der Waals surface area contributed by atoms with Gasteiger partial charge in [-0.25, -0.2) is 0 Å². The Morgan fingerprint density at radius 2 is 0.585 bits per heavy atom. The van der Waals surface area contributed by atoms with E-state index in [0.717, 1.165) is 13.8 Å². The largest absolute Gasteiger partial charge is 0.394 e. The summed E-state index contributed by atoms with van der Waals surface area (Å²) in [5, 5.41) is 194. The van der Waals surface area contributed by atoms with Crippen molar-refractivity contribution >= 4 is 11.8 Å². The van der Waals surface area contributed by atoms with Gasteiger partial charge in [0.15, 0.2) is 37.7 Å². The highest BCUT2D eigenvalue weighted by atomic mass is 16.8. The summed E-state index contributed by atoms with van der Waals surface area (Å²) in [4.78, 5) is 24.6. The molecule has 6 saturated heterocycles. The van der Waals surface area contributed by atoms with Gasteiger partial charge in [0.2, 0.25) is 11.8 Å². The van der Waals surface area contributed by atoms with E-state index in [1.807, 2.05) is 0 Å². The molecule has 6 aliphatic rings. The van der Waals surface area contributed by atoms with Crippen LogP contribution in [0.25, 0.3) is 0 Å². The summed E-state index contributed by atoms with van der Waals surface area (Å²) in [6.07, 6.45) is -48.6. The predicted octanol–water partition coefficient (Wildman–Crippen LogP) is -13.8. The van der Waals surface area contributed by atoms with E-state index >= 15 is 0 Å². The second-order valence-electron chi connectivity index (χ2n) is 20.1. The van der Waals surface area contributed by atoms with Crippen molar-refractivity contribution in [2.45, 2.75) is 198 Å². The summed E-state index contributed by atoms with van der Waals surface area (Å²) in [7, 11) is 0. The first-order chi connectivity index (χ1) is 39.0. The van der Waals surface area contributed by atoms with Crippen LogP contribution in [0.2, 0.25) is 0 Å². The predicted molar refractivity (Wildman–Crippen MR) is 255 cm³/mol. The maximum atomic E-state index is 12.3. The van der Waals surface area contributed by atoms with Crippen LogP contribution in [0.15, 0.2) is 0 Å². The lowest BCUT2D eigenvalue weighted by atomic mass is 9.95. The van der Waals surface area contributed by atoms with Crippen LogP contribution in [0.3, 0.4) is 0 Å². The third-order valence-corrected chi connectivity index (χ3v) is 14.3. The fraction of sp³-hybridized carbons (Fsp3) is 0.957. The highest BCUT2D eigenvalue weighted by Gasteiger charge is 2.57. The fourth-order valence-corrected chi connectivity index (χ4v) is 9.93. The second-order valence-corrected chi connectivity index (χ2v) is 20.1. The van der Waals surface area contributed by atoms with E-state index in [0.29, 0.717) is 0 Å². The summed E-state index contributed by atoms with van der Waals surface area (Å²) in [6.45, 7) is -3.66. The first-order valence-corrected chi connectivity index (χ1v) is 26.3. The van der Waals surface area contributed by atoms with Crippen LogP contribution in [0.5, 0.6) is 0 Å². The monoisotopic (exact) mass is 1200 g/mol. The molecule has 82 heavy (non-hydrogen) atoms. The third kappa shape index (κ3) is 16.4. The molecular weight excluding hydrogens is 1120 g/mol. The molecule has 0 bridgehead atoms. The van der Waals surface area contributed by atoms with Crippen molar-refractivity contribution in [2.24, 2.45) is 0 Å². The van der Waals surface area contributed by atoms with E-state index in [9.17, 15) is 102 Å². The van der Waals surface area contributed by atoms with Crippen LogP contribution in [0.1, 0.15) is 13.8 Å². The molecule has 30 atom stereocenters. The molecule has 2 amide bonds. The highest BCUT2D eigenvalue weighted by Crippen LogP contribution is 2.35. The van der Waals surface area contributed by atoms with Crippen molar-refractivity contribution < 1.29 is 168 Å². The van der Waals surface area contributed by atoms with Crippen molar-refractivity contribution in [3.63, 3.8) is 0 Å². The molecule has 6 heterocycles. The van der Waals surface area contributed by atoms with Gasteiger partial charge in [0.05, 0.1) is 79.3 Å². The smallest absolute Gasteiger partial charge is 0.217 e. The van der Waals surface area contributed by atoms with E-state index in [1.54, 1.807) is 0 Å². The number of hydrogen-bond donors (Lipinski definition) is 20. The van der Waals surface area contributed by atoms with E-state index in [4.69, 9.17) is 66.3 Å². The molecule has 6 aliphatic heterocycles. The number of hydrogen-bond acceptors (Lipinski definition) is 34. The van der Waals surface area contributed by atoms with Gasteiger partial charge in [-0.3, -0.25) is 9.59 Å². The number of aliphatic hydroxyl groups is 18. The van der Waals surface area contributed by atoms with Crippen molar-refractivity contribution in [1.82, 2.24) is 10.6 Å². The summed E-state index contributed by atoms with van der Waals surface area (Å²) in [5.74, 6) is -1.33. The summed E-state index contributed by atoms with van der Waals surface area (Å²) in [5.41, 5.74) is 0. The Morgan fingerprint density at radius 1 is 0.317 bits per heavy atom. The Labute approximate surface area is 466 Å². The average molecular weight is 1210 g/mol. The summed E-state index contributed by atoms with van der Waals surface area (Å²) < 4.78 is 79.1. The number of nitrogens with one attached hydrogen (secondary N) is 2. The van der Waals surface area contributed by atoms with E-state index in [-0.39, 0.29) is 39.6 Å². The van der Waals surface area contributed by atoms with Crippen LogP contribution < -0.4 is 10.6 Å². The van der Waals surface area contributed by atoms with Crippen molar-refractivity contribution in [3.05, 3.63) is 0 Å². The normalized spacial score (nSPS) is 45.6. The Balaban J connectivity index is 0.959. The molecule has 0 spiro atoms. The van der Waals surface area contributed by atoms with Gasteiger partial charge in [-0.05, 0) is 0 Å². The molecule has 0 aromatic carbocycles. The van der Waals surface area contributed by atoms with Gasteiger partial charge >= 0.3 is 0 Å². The summed E-state index contributed by atoms with van der Waals surface area (Å²) >= 11 is 0. The minimum absolute atomic E-state index is 0.0351. The molecule has 0 unspecified atom stereocenters. The lowest BCUT2D eigenvalue weighted by Gasteiger charge is -2.48. The number of aliphatic hydroxyl groups excluding tert-OH is 18. The van der Waals surface area contributed by atoms with Crippen LogP contribution in [-0.4, -0.2) is 367 Å². The van der Waals surface area contributed by atoms with Gasteiger partial charge in [-0.2, -0.15) is 0 Å². The number of amides is 2. The number of rotatable bonds is 27. The molecule has 0 saturated carbocycles. The molecule has 0 aromatic heterocycles. The van der Waals surface area contributed by atoms with Crippen LogP contribution in [0.4, 0.5) is 0 Å². The Bertz CT molecular complexity index is 1780. The quantitative estimate of drug-likeness (QED) is 0.0340. The molecule has 0 aromatic rings. The maximum Gasteiger partial charge on any atom is 0.217 e. The Hall–Kier alpha value is -2.34. The Kier molecular flexibility index (Phi) is 26.9. The third-order valence-electron chi connectivity index (χ3n) is 14.3. The lowest BCUT2D eigenvalue weighted by molar-refractivity contribution is -0.376. The first-order valence-electron chi connectivity index (χ1n) is 26.3. The average Bonchev–Trinajstić information content (AvgIpc) is 3.50.